The molecule has 1 rings (SSSR count). The first-order chi connectivity index (χ1) is 7.15. The van der Waals surface area contributed by atoms with Gasteiger partial charge in [-0.15, -0.1) is 0 Å². The van der Waals surface area contributed by atoms with Crippen LogP contribution in [0, 0.1) is 0 Å². The van der Waals surface area contributed by atoms with Crippen molar-refractivity contribution in [2.45, 2.75) is 13.0 Å². The quantitative estimate of drug-likeness (QED) is 0.280. The molecule has 0 aliphatic carbocycles. The van der Waals surface area contributed by atoms with E-state index in [1.54, 1.807) is 25.1 Å². The van der Waals surface area contributed by atoms with Gasteiger partial charge >= 0.3 is 0 Å². The molecule has 0 saturated heterocycles. The van der Waals surface area contributed by atoms with E-state index >= 15 is 0 Å². The van der Waals surface area contributed by atoms with Gasteiger partial charge in [-0.25, -0.2) is 0 Å². The number of carbonyl (C=O) groups excluding carboxylic acids is 1. The van der Waals surface area contributed by atoms with Crippen LogP contribution in [0.5, 0.6) is 0 Å². The maximum absolute atomic E-state index is 11.5. The van der Waals surface area contributed by atoms with Gasteiger partial charge in [0.1, 0.15) is 5.69 Å². The number of nitrogens with zero attached hydrogens (tertiary/aromatic N) is 2. The number of oxime groups is 1. The lowest BCUT2D eigenvalue weighted by Gasteiger charge is -2.11. The maximum atomic E-state index is 11.5. The highest BCUT2D eigenvalue weighted by Gasteiger charge is 2.13. The van der Waals surface area contributed by atoms with E-state index in [0.29, 0.717) is 0 Å². The van der Waals surface area contributed by atoms with E-state index in [0.717, 1.165) is 0 Å². The molecule has 1 aromatic rings. The molecule has 0 saturated carbocycles. The molecule has 1 heterocycles. The number of amidine groups is 1. The summed E-state index contributed by atoms with van der Waals surface area (Å²) >= 11 is 0. The van der Waals surface area contributed by atoms with Gasteiger partial charge in [-0.05, 0) is 19.1 Å². The van der Waals surface area contributed by atoms with Gasteiger partial charge in [0.15, 0.2) is 5.84 Å². The third kappa shape index (κ3) is 2.94. The summed E-state index contributed by atoms with van der Waals surface area (Å²) in [7, 11) is 0. The van der Waals surface area contributed by atoms with Crippen molar-refractivity contribution in [2.75, 3.05) is 0 Å². The molecule has 1 amide bonds. The topological polar surface area (TPSA) is 101 Å². The maximum Gasteiger partial charge on any atom is 0.270 e. The second kappa shape index (κ2) is 4.94. The van der Waals surface area contributed by atoms with Crippen LogP contribution in [0.1, 0.15) is 17.4 Å². The average Bonchev–Trinajstić information content (AvgIpc) is 2.29. The van der Waals surface area contributed by atoms with Gasteiger partial charge in [0, 0.05) is 6.20 Å². The fourth-order valence-electron chi connectivity index (χ4n) is 0.928. The van der Waals surface area contributed by atoms with Crippen LogP contribution >= 0.6 is 0 Å². The number of nitrogens with two attached hydrogens (primary N) is 1. The van der Waals surface area contributed by atoms with Gasteiger partial charge in [0.2, 0.25) is 0 Å². The Morgan fingerprint density at radius 1 is 1.67 bits per heavy atom. The number of nitrogens with one attached hydrogen (secondary N) is 1. The number of amides is 1. The molecule has 80 valence electrons. The van der Waals surface area contributed by atoms with Crippen molar-refractivity contribution in [1.82, 2.24) is 10.3 Å². The lowest BCUT2D eigenvalue weighted by atomic mass is 10.3. The van der Waals surface area contributed by atoms with Crippen LogP contribution in [-0.4, -0.2) is 28.0 Å². The lowest BCUT2D eigenvalue weighted by molar-refractivity contribution is 0.0943. The summed E-state index contributed by atoms with van der Waals surface area (Å²) in [5.74, 6) is -0.422. The van der Waals surface area contributed by atoms with Gasteiger partial charge in [-0.1, -0.05) is 11.2 Å². The van der Waals surface area contributed by atoms with Crippen molar-refractivity contribution in [2.24, 2.45) is 10.9 Å². The predicted octanol–water partition coefficient (Wildman–Crippen LogP) is -0.0537. The second-order valence-electron chi connectivity index (χ2n) is 2.93. The fraction of sp³-hybridized carbons (Fsp3) is 0.222. The molecular formula is C9H12N4O2. The molecule has 0 radical (unpaired) electrons. The van der Waals surface area contributed by atoms with Crippen LogP contribution in [0.2, 0.25) is 0 Å². The summed E-state index contributed by atoms with van der Waals surface area (Å²) < 4.78 is 0. The van der Waals surface area contributed by atoms with Gasteiger partial charge in [-0.3, -0.25) is 9.78 Å². The normalized spacial score (nSPS) is 13.3. The highest BCUT2D eigenvalue weighted by Crippen LogP contribution is 1.94. The van der Waals surface area contributed by atoms with Gasteiger partial charge in [0.25, 0.3) is 5.91 Å². The minimum atomic E-state index is -0.537. The summed E-state index contributed by atoms with van der Waals surface area (Å²) in [6.07, 6.45) is 1.52. The van der Waals surface area contributed by atoms with E-state index in [9.17, 15) is 4.79 Å². The van der Waals surface area contributed by atoms with Crippen molar-refractivity contribution in [3.05, 3.63) is 30.1 Å². The molecule has 1 atom stereocenters. The van der Waals surface area contributed by atoms with E-state index < -0.39 is 6.04 Å². The third-order valence-electron chi connectivity index (χ3n) is 1.80. The van der Waals surface area contributed by atoms with Gasteiger partial charge in [-0.2, -0.15) is 0 Å². The summed E-state index contributed by atoms with van der Waals surface area (Å²) in [4.78, 5) is 15.4. The van der Waals surface area contributed by atoms with Crippen LogP contribution in [0.3, 0.4) is 0 Å². The SMILES string of the molecule is CC(NC(=O)c1ccccn1)/C(N)=N/O. The van der Waals surface area contributed by atoms with Crippen molar-refractivity contribution in [3.63, 3.8) is 0 Å². The molecule has 1 unspecified atom stereocenters. The smallest absolute Gasteiger partial charge is 0.270 e. The number of aromatic nitrogens is 1. The first kappa shape index (κ1) is 11.0. The zero-order valence-electron chi connectivity index (χ0n) is 8.21. The molecule has 0 spiro atoms. The van der Waals surface area contributed by atoms with Crippen molar-refractivity contribution < 1.29 is 10.0 Å². The molecule has 0 aliphatic rings. The molecule has 6 heteroatoms. The van der Waals surface area contributed by atoms with Crippen molar-refractivity contribution >= 4 is 11.7 Å². The van der Waals surface area contributed by atoms with Crippen LogP contribution in [0.15, 0.2) is 29.6 Å². The standard InChI is InChI=1S/C9H12N4O2/c1-6(8(10)13-15)12-9(14)7-4-2-3-5-11-7/h2-6,15H,1H3,(H2,10,13)(H,12,14). The minimum Gasteiger partial charge on any atom is -0.409 e. The first-order valence-corrected chi connectivity index (χ1v) is 4.34. The number of carbonyl (C=O) groups is 1. The molecule has 4 N–H and O–H groups in total. The van der Waals surface area contributed by atoms with E-state index in [4.69, 9.17) is 10.9 Å². The van der Waals surface area contributed by atoms with Crippen LogP contribution in [0.4, 0.5) is 0 Å². The fourth-order valence-corrected chi connectivity index (χ4v) is 0.928. The van der Waals surface area contributed by atoms with Crippen molar-refractivity contribution in [1.29, 1.82) is 0 Å². The first-order valence-electron chi connectivity index (χ1n) is 4.34. The Morgan fingerprint density at radius 2 is 2.40 bits per heavy atom. The Labute approximate surface area is 86.8 Å². The molecule has 6 nitrogen and oxygen atoms in total. The lowest BCUT2D eigenvalue weighted by Crippen LogP contribution is -2.42. The number of rotatable bonds is 3. The summed E-state index contributed by atoms with van der Waals surface area (Å²) in [5, 5.41) is 13.7. The molecule has 0 fully saturated rings. The Kier molecular flexibility index (Phi) is 3.61. The zero-order valence-corrected chi connectivity index (χ0v) is 8.21. The van der Waals surface area contributed by atoms with Crippen molar-refractivity contribution in [3.8, 4) is 0 Å². The van der Waals surface area contributed by atoms with E-state index in [1.807, 2.05) is 0 Å². The number of hydrogen-bond acceptors (Lipinski definition) is 4. The molecule has 0 bridgehead atoms. The monoisotopic (exact) mass is 208 g/mol. The van der Waals surface area contributed by atoms with Crippen LogP contribution < -0.4 is 11.1 Å². The minimum absolute atomic E-state index is 0.0562. The average molecular weight is 208 g/mol. The molecular weight excluding hydrogens is 196 g/mol. The van der Waals surface area contributed by atoms with Crippen LogP contribution in [0.25, 0.3) is 0 Å². The summed E-state index contributed by atoms with van der Waals surface area (Å²) in [6, 6.07) is 4.46. The van der Waals surface area contributed by atoms with Gasteiger partial charge in [0.05, 0.1) is 6.04 Å². The highest BCUT2D eigenvalue weighted by atomic mass is 16.4. The zero-order chi connectivity index (χ0) is 11.3. The Hall–Kier alpha value is -2.11. The Morgan fingerprint density at radius 3 is 2.93 bits per heavy atom. The Balaban J connectivity index is 2.65. The molecule has 0 aliphatic heterocycles. The number of hydrogen-bond donors (Lipinski definition) is 3. The third-order valence-corrected chi connectivity index (χ3v) is 1.80. The molecule has 1 aromatic heterocycles. The Bertz CT molecular complexity index is 364. The van der Waals surface area contributed by atoms with E-state index in [2.05, 4.69) is 15.5 Å². The second-order valence-corrected chi connectivity index (χ2v) is 2.93. The molecule has 0 aromatic carbocycles. The predicted molar refractivity (Wildman–Crippen MR) is 54.6 cm³/mol. The number of pyridine rings is 1. The summed E-state index contributed by atoms with van der Waals surface area (Å²) in [5.41, 5.74) is 5.59. The van der Waals surface area contributed by atoms with E-state index in [1.165, 1.54) is 6.20 Å². The van der Waals surface area contributed by atoms with E-state index in [-0.39, 0.29) is 17.4 Å². The largest absolute Gasteiger partial charge is 0.409 e. The van der Waals surface area contributed by atoms with Crippen LogP contribution in [-0.2, 0) is 0 Å². The summed E-state index contributed by atoms with van der Waals surface area (Å²) in [6.45, 7) is 1.61. The van der Waals surface area contributed by atoms with Gasteiger partial charge < -0.3 is 16.3 Å². The highest BCUT2D eigenvalue weighted by molar-refractivity contribution is 5.96. The molecule has 15 heavy (non-hydrogen) atoms.